The van der Waals surface area contributed by atoms with Crippen LogP contribution in [0.3, 0.4) is 0 Å². The Morgan fingerprint density at radius 2 is 0.750 bits per heavy atom. The molecule has 0 spiro atoms. The summed E-state index contributed by atoms with van der Waals surface area (Å²) in [5.74, 6) is 0.610. The smallest absolute Gasteiger partial charge is 0.306 e. The second-order valence-electron chi connectivity index (χ2n) is 11.6. The number of rotatable bonds is 30. The van der Waals surface area contributed by atoms with Gasteiger partial charge in [-0.2, -0.15) is 0 Å². The average Bonchev–Trinajstić information content (AvgIpc) is 2.88. The first-order valence-electron chi connectivity index (χ1n) is 16.9. The molecule has 0 fully saturated rings. The Bertz CT molecular complexity index is 419. The Morgan fingerprint density at radius 1 is 0.444 bits per heavy atom. The highest BCUT2D eigenvalue weighted by molar-refractivity contribution is 5.69. The van der Waals surface area contributed by atoms with Gasteiger partial charge in [0, 0.05) is 6.42 Å². The zero-order valence-corrected chi connectivity index (χ0v) is 25.4. The fourth-order valence-corrected chi connectivity index (χ4v) is 5.38. The number of esters is 1. The maximum absolute atomic E-state index is 12.5. The van der Waals surface area contributed by atoms with Gasteiger partial charge >= 0.3 is 5.97 Å². The first kappa shape index (κ1) is 35.5. The van der Waals surface area contributed by atoms with Crippen LogP contribution in [0.25, 0.3) is 0 Å². The van der Waals surface area contributed by atoms with Gasteiger partial charge in [0.25, 0.3) is 0 Å². The minimum atomic E-state index is 0.0672. The van der Waals surface area contributed by atoms with Crippen LogP contribution in [0, 0.1) is 5.92 Å². The van der Waals surface area contributed by atoms with Crippen molar-refractivity contribution in [2.45, 2.75) is 201 Å². The average molecular weight is 509 g/mol. The topological polar surface area (TPSA) is 26.3 Å². The van der Waals surface area contributed by atoms with E-state index in [9.17, 15) is 4.79 Å². The molecule has 216 valence electrons. The van der Waals surface area contributed by atoms with Crippen molar-refractivity contribution in [2.75, 3.05) is 6.61 Å². The van der Waals surface area contributed by atoms with Gasteiger partial charge < -0.3 is 4.74 Å². The van der Waals surface area contributed by atoms with Crippen LogP contribution in [-0.2, 0) is 9.53 Å². The van der Waals surface area contributed by atoms with E-state index in [0.29, 0.717) is 18.9 Å². The lowest BCUT2D eigenvalue weighted by Crippen LogP contribution is -2.13. The fourth-order valence-electron chi connectivity index (χ4n) is 5.38. The van der Waals surface area contributed by atoms with Gasteiger partial charge in [-0.15, -0.1) is 0 Å². The standard InChI is InChI=1S/C34H68O2/c1-4-7-10-13-16-18-19-20-22-25-28-31-36-34(35)32-33(29-26-23-15-12-9-6-3)30-27-24-21-17-14-11-8-5-2/h33H,4-32H2,1-3H3. The van der Waals surface area contributed by atoms with Crippen LogP contribution in [0.15, 0.2) is 0 Å². The lowest BCUT2D eigenvalue weighted by atomic mass is 9.91. The van der Waals surface area contributed by atoms with E-state index >= 15 is 0 Å². The Labute approximate surface area is 228 Å². The molecule has 1 unspecified atom stereocenters. The first-order chi connectivity index (χ1) is 17.7. The fraction of sp³-hybridized carbons (Fsp3) is 0.971. The molecular formula is C34H68O2. The number of hydrogen-bond acceptors (Lipinski definition) is 2. The van der Waals surface area contributed by atoms with Gasteiger partial charge in [-0.3, -0.25) is 4.79 Å². The number of hydrogen-bond donors (Lipinski definition) is 0. The molecule has 0 aliphatic heterocycles. The van der Waals surface area contributed by atoms with Gasteiger partial charge in [0.2, 0.25) is 0 Å². The third-order valence-electron chi connectivity index (χ3n) is 7.90. The lowest BCUT2D eigenvalue weighted by Gasteiger charge is -2.16. The lowest BCUT2D eigenvalue weighted by molar-refractivity contribution is -0.145. The van der Waals surface area contributed by atoms with Crippen molar-refractivity contribution < 1.29 is 9.53 Å². The predicted molar refractivity (Wildman–Crippen MR) is 161 cm³/mol. The van der Waals surface area contributed by atoms with E-state index in [1.807, 2.05) is 0 Å². The number of carbonyl (C=O) groups excluding carboxylic acids is 1. The molecule has 0 rings (SSSR count). The molecule has 0 amide bonds. The molecule has 0 saturated heterocycles. The summed E-state index contributed by atoms with van der Waals surface area (Å²) in [7, 11) is 0. The molecule has 2 heteroatoms. The van der Waals surface area contributed by atoms with Crippen LogP contribution in [0.5, 0.6) is 0 Å². The van der Waals surface area contributed by atoms with E-state index in [1.54, 1.807) is 0 Å². The molecule has 2 nitrogen and oxygen atoms in total. The van der Waals surface area contributed by atoms with Crippen molar-refractivity contribution in [3.05, 3.63) is 0 Å². The second-order valence-corrected chi connectivity index (χ2v) is 11.6. The van der Waals surface area contributed by atoms with Crippen molar-refractivity contribution in [3.8, 4) is 0 Å². The summed E-state index contributed by atoms with van der Waals surface area (Å²) in [4.78, 5) is 12.5. The van der Waals surface area contributed by atoms with E-state index in [4.69, 9.17) is 4.74 Å². The van der Waals surface area contributed by atoms with Crippen LogP contribution in [0.2, 0.25) is 0 Å². The summed E-state index contributed by atoms with van der Waals surface area (Å²) in [6.45, 7) is 7.48. The van der Waals surface area contributed by atoms with Crippen molar-refractivity contribution in [1.82, 2.24) is 0 Å². The molecule has 0 saturated carbocycles. The molecule has 0 aromatic carbocycles. The second kappa shape index (κ2) is 30.7. The van der Waals surface area contributed by atoms with E-state index in [0.717, 1.165) is 6.42 Å². The van der Waals surface area contributed by atoms with Crippen LogP contribution in [0.4, 0.5) is 0 Å². The molecule has 0 radical (unpaired) electrons. The number of unbranched alkanes of at least 4 members (excludes halogenated alkanes) is 22. The molecule has 0 aromatic heterocycles. The van der Waals surface area contributed by atoms with Gasteiger partial charge in [-0.05, 0) is 25.2 Å². The number of carbonyl (C=O) groups is 1. The van der Waals surface area contributed by atoms with Crippen molar-refractivity contribution >= 4 is 5.97 Å². The highest BCUT2D eigenvalue weighted by Gasteiger charge is 2.15. The Hall–Kier alpha value is -0.530. The maximum atomic E-state index is 12.5. The Balaban J connectivity index is 3.90. The summed E-state index contributed by atoms with van der Waals surface area (Å²) in [6.07, 6.45) is 36.7. The molecule has 0 aromatic rings. The van der Waals surface area contributed by atoms with Crippen LogP contribution >= 0.6 is 0 Å². The normalized spacial score (nSPS) is 12.2. The molecule has 0 N–H and O–H groups in total. The van der Waals surface area contributed by atoms with E-state index < -0.39 is 0 Å². The van der Waals surface area contributed by atoms with E-state index in [1.165, 1.54) is 167 Å². The summed E-state index contributed by atoms with van der Waals surface area (Å²) < 4.78 is 5.66. The molecule has 36 heavy (non-hydrogen) atoms. The van der Waals surface area contributed by atoms with Crippen molar-refractivity contribution in [2.24, 2.45) is 5.92 Å². The largest absolute Gasteiger partial charge is 0.466 e. The Morgan fingerprint density at radius 3 is 1.11 bits per heavy atom. The highest BCUT2D eigenvalue weighted by Crippen LogP contribution is 2.23. The predicted octanol–water partition coefficient (Wildman–Crippen LogP) is 12.1. The summed E-state index contributed by atoms with van der Waals surface area (Å²) in [5.41, 5.74) is 0. The third-order valence-corrected chi connectivity index (χ3v) is 7.90. The highest BCUT2D eigenvalue weighted by atomic mass is 16.5. The summed E-state index contributed by atoms with van der Waals surface area (Å²) in [6, 6.07) is 0. The minimum Gasteiger partial charge on any atom is -0.466 e. The van der Waals surface area contributed by atoms with E-state index in [-0.39, 0.29) is 5.97 Å². The van der Waals surface area contributed by atoms with Crippen molar-refractivity contribution in [3.63, 3.8) is 0 Å². The first-order valence-corrected chi connectivity index (χ1v) is 16.9. The van der Waals surface area contributed by atoms with Gasteiger partial charge in [0.1, 0.15) is 0 Å². The summed E-state index contributed by atoms with van der Waals surface area (Å²) in [5, 5.41) is 0. The van der Waals surface area contributed by atoms with Gasteiger partial charge in [0.15, 0.2) is 0 Å². The van der Waals surface area contributed by atoms with Gasteiger partial charge in [-0.25, -0.2) is 0 Å². The van der Waals surface area contributed by atoms with Crippen molar-refractivity contribution in [1.29, 1.82) is 0 Å². The molecule has 0 aliphatic carbocycles. The zero-order chi connectivity index (χ0) is 26.4. The zero-order valence-electron chi connectivity index (χ0n) is 25.4. The van der Waals surface area contributed by atoms with Crippen LogP contribution < -0.4 is 0 Å². The summed E-state index contributed by atoms with van der Waals surface area (Å²) >= 11 is 0. The molecule has 1 atom stereocenters. The van der Waals surface area contributed by atoms with Crippen LogP contribution in [0.1, 0.15) is 201 Å². The van der Waals surface area contributed by atoms with Gasteiger partial charge in [0.05, 0.1) is 6.61 Å². The molecule has 0 bridgehead atoms. The minimum absolute atomic E-state index is 0.0672. The number of ether oxygens (including phenoxy) is 1. The quantitative estimate of drug-likeness (QED) is 0.0712. The monoisotopic (exact) mass is 509 g/mol. The van der Waals surface area contributed by atoms with Crippen LogP contribution in [-0.4, -0.2) is 12.6 Å². The molecular weight excluding hydrogens is 440 g/mol. The SMILES string of the molecule is CCCCCCCCCCCCCOC(=O)CC(CCCCCCCC)CCCCCCCCCC. The van der Waals surface area contributed by atoms with Gasteiger partial charge in [-0.1, -0.05) is 175 Å². The maximum Gasteiger partial charge on any atom is 0.306 e. The third kappa shape index (κ3) is 28.0. The molecule has 0 aliphatic rings. The van der Waals surface area contributed by atoms with E-state index in [2.05, 4.69) is 20.8 Å². The Kier molecular flexibility index (Phi) is 30.2. The molecule has 0 heterocycles.